The van der Waals surface area contributed by atoms with E-state index >= 15 is 0 Å². The average Bonchev–Trinajstić information content (AvgIpc) is 3.14. The van der Waals surface area contributed by atoms with E-state index in [9.17, 15) is 19.7 Å². The Morgan fingerprint density at radius 2 is 2.04 bits per heavy atom. The van der Waals surface area contributed by atoms with Crippen LogP contribution in [0.15, 0.2) is 34.7 Å². The predicted molar refractivity (Wildman–Crippen MR) is 103 cm³/mol. The van der Waals surface area contributed by atoms with Crippen molar-refractivity contribution in [2.45, 2.75) is 25.7 Å². The van der Waals surface area contributed by atoms with E-state index in [0.717, 1.165) is 30.5 Å². The summed E-state index contributed by atoms with van der Waals surface area (Å²) in [6.07, 6.45) is 1.67. The number of amides is 1. The number of carbonyl (C=O) groups is 2. The predicted octanol–water partition coefficient (Wildman–Crippen LogP) is 4.35. The number of benzene rings is 1. The fraction of sp³-hybridized carbons (Fsp3) is 0.333. The van der Waals surface area contributed by atoms with Crippen molar-refractivity contribution in [2.75, 3.05) is 13.2 Å². The monoisotopic (exact) mass is 428 g/mol. The molecule has 0 saturated heterocycles. The Hall–Kier alpha value is -2.58. The molecule has 28 heavy (non-hydrogen) atoms. The number of esters is 1. The average molecular weight is 429 g/mol. The molecule has 0 radical (unpaired) electrons. The van der Waals surface area contributed by atoms with E-state index in [1.54, 1.807) is 12.1 Å². The van der Waals surface area contributed by atoms with Crippen molar-refractivity contribution in [3.05, 3.63) is 61.8 Å². The molecule has 1 aromatic carbocycles. The smallest absolute Gasteiger partial charge is 0.433 e. The van der Waals surface area contributed by atoms with Gasteiger partial charge in [0.05, 0.1) is 6.07 Å². The van der Waals surface area contributed by atoms with Crippen molar-refractivity contribution >= 4 is 41.0 Å². The number of rotatable bonds is 9. The molecular weight excluding hydrogens is 411 g/mol. The number of ether oxygens (including phenoxy) is 1. The van der Waals surface area contributed by atoms with Gasteiger partial charge in [-0.1, -0.05) is 42.6 Å². The lowest BCUT2D eigenvalue weighted by Crippen LogP contribution is -2.32. The largest absolute Gasteiger partial charge is 0.450 e. The van der Waals surface area contributed by atoms with Gasteiger partial charge in [0.15, 0.2) is 6.61 Å². The second-order valence-corrected chi connectivity index (χ2v) is 6.77. The van der Waals surface area contributed by atoms with Crippen LogP contribution in [-0.4, -0.2) is 30.0 Å². The van der Waals surface area contributed by atoms with Gasteiger partial charge in [0, 0.05) is 22.5 Å². The van der Waals surface area contributed by atoms with Crippen molar-refractivity contribution in [1.29, 1.82) is 0 Å². The van der Waals surface area contributed by atoms with Crippen LogP contribution in [0.4, 0.5) is 5.88 Å². The Kier molecular flexibility index (Phi) is 7.83. The SMILES string of the molecule is CCC[C@H](CNC(=O)COC(=O)c1ccc([N+](=O)[O-])o1)c1ccc(Cl)cc1Cl. The molecule has 1 amide bonds. The molecule has 2 rings (SSSR count). The van der Waals surface area contributed by atoms with E-state index in [-0.39, 0.29) is 11.7 Å². The van der Waals surface area contributed by atoms with Crippen LogP contribution in [-0.2, 0) is 9.53 Å². The first kappa shape index (κ1) is 21.7. The second-order valence-electron chi connectivity index (χ2n) is 5.93. The van der Waals surface area contributed by atoms with Gasteiger partial charge in [-0.2, -0.15) is 0 Å². The maximum Gasteiger partial charge on any atom is 0.433 e. The molecule has 0 aliphatic heterocycles. The zero-order chi connectivity index (χ0) is 20.7. The van der Waals surface area contributed by atoms with Crippen LogP contribution in [0.25, 0.3) is 0 Å². The number of carbonyl (C=O) groups excluding carboxylic acids is 2. The summed E-state index contributed by atoms with van der Waals surface area (Å²) in [5.41, 5.74) is 0.869. The van der Waals surface area contributed by atoms with Crippen molar-refractivity contribution < 1.29 is 23.7 Å². The van der Waals surface area contributed by atoms with Gasteiger partial charge in [-0.25, -0.2) is 4.79 Å². The van der Waals surface area contributed by atoms with E-state index < -0.39 is 29.3 Å². The summed E-state index contributed by atoms with van der Waals surface area (Å²) in [6, 6.07) is 7.34. The summed E-state index contributed by atoms with van der Waals surface area (Å²) < 4.78 is 9.53. The molecule has 0 aliphatic rings. The fourth-order valence-corrected chi connectivity index (χ4v) is 3.14. The third-order valence-corrected chi connectivity index (χ3v) is 4.45. The summed E-state index contributed by atoms with van der Waals surface area (Å²) in [5, 5.41) is 14.3. The topological polar surface area (TPSA) is 112 Å². The van der Waals surface area contributed by atoms with E-state index in [2.05, 4.69) is 5.32 Å². The first-order valence-corrected chi connectivity index (χ1v) is 9.20. The molecule has 150 valence electrons. The lowest BCUT2D eigenvalue weighted by Gasteiger charge is -2.19. The number of nitrogens with one attached hydrogen (secondary N) is 1. The molecule has 0 saturated carbocycles. The molecule has 1 heterocycles. The Morgan fingerprint density at radius 1 is 1.29 bits per heavy atom. The third kappa shape index (κ3) is 5.97. The number of halogens is 2. The summed E-state index contributed by atoms with van der Waals surface area (Å²) in [4.78, 5) is 33.5. The van der Waals surface area contributed by atoms with Gasteiger partial charge in [-0.05, 0) is 30.2 Å². The Morgan fingerprint density at radius 3 is 2.64 bits per heavy atom. The van der Waals surface area contributed by atoms with Crippen LogP contribution in [0.5, 0.6) is 0 Å². The van der Waals surface area contributed by atoms with Gasteiger partial charge in [0.25, 0.3) is 5.91 Å². The lowest BCUT2D eigenvalue weighted by atomic mass is 9.94. The molecule has 8 nitrogen and oxygen atoms in total. The molecule has 1 aromatic heterocycles. The number of nitro groups is 1. The van der Waals surface area contributed by atoms with Crippen LogP contribution in [0, 0.1) is 10.1 Å². The fourth-order valence-electron chi connectivity index (χ4n) is 2.57. The lowest BCUT2D eigenvalue weighted by molar-refractivity contribution is -0.402. The van der Waals surface area contributed by atoms with Crippen LogP contribution < -0.4 is 5.32 Å². The van der Waals surface area contributed by atoms with Gasteiger partial charge in [-0.3, -0.25) is 14.9 Å². The number of nitrogens with zero attached hydrogens (tertiary/aromatic N) is 1. The third-order valence-electron chi connectivity index (χ3n) is 3.89. The van der Waals surface area contributed by atoms with Crippen LogP contribution in [0.2, 0.25) is 10.0 Å². The van der Waals surface area contributed by atoms with Crippen molar-refractivity contribution in [3.8, 4) is 0 Å². The molecule has 2 aromatic rings. The van der Waals surface area contributed by atoms with Crippen LogP contribution in [0.3, 0.4) is 0 Å². The zero-order valence-corrected chi connectivity index (χ0v) is 16.5. The number of hydrogen-bond acceptors (Lipinski definition) is 6. The Balaban J connectivity index is 1.88. The van der Waals surface area contributed by atoms with E-state index in [4.69, 9.17) is 32.4 Å². The molecule has 0 unspecified atom stereocenters. The standard InChI is InChI=1S/C18H18Cl2N2O6/c1-2-3-11(13-5-4-12(19)8-14(13)20)9-21-16(23)10-27-18(24)15-6-7-17(28-15)22(25)26/h4-8,11H,2-3,9-10H2,1H3,(H,21,23)/t11-/m1/s1. The minimum absolute atomic E-state index is 0.0258. The van der Waals surface area contributed by atoms with Crippen LogP contribution >= 0.6 is 23.2 Å². The molecule has 1 atom stereocenters. The van der Waals surface area contributed by atoms with E-state index in [0.29, 0.717) is 16.6 Å². The summed E-state index contributed by atoms with van der Waals surface area (Å²) in [5.74, 6) is -2.44. The van der Waals surface area contributed by atoms with Gasteiger partial charge in [0.2, 0.25) is 5.76 Å². The minimum atomic E-state index is -0.964. The summed E-state index contributed by atoms with van der Waals surface area (Å²) in [6.45, 7) is 1.78. The molecule has 0 spiro atoms. The highest BCUT2D eigenvalue weighted by atomic mass is 35.5. The number of hydrogen-bond donors (Lipinski definition) is 1. The van der Waals surface area contributed by atoms with Crippen molar-refractivity contribution in [2.24, 2.45) is 0 Å². The maximum atomic E-state index is 12.0. The Labute approximate surface area is 170 Å². The van der Waals surface area contributed by atoms with Crippen molar-refractivity contribution in [3.63, 3.8) is 0 Å². The van der Waals surface area contributed by atoms with Gasteiger partial charge in [0.1, 0.15) is 4.92 Å². The van der Waals surface area contributed by atoms with Gasteiger partial charge in [-0.15, -0.1) is 0 Å². The molecule has 0 fully saturated rings. The number of furan rings is 1. The normalized spacial score (nSPS) is 11.7. The maximum absolute atomic E-state index is 12.0. The molecular formula is C18H18Cl2N2O6. The van der Waals surface area contributed by atoms with Crippen LogP contribution in [0.1, 0.15) is 41.8 Å². The molecule has 10 heteroatoms. The van der Waals surface area contributed by atoms with Crippen molar-refractivity contribution in [1.82, 2.24) is 5.32 Å². The Bertz CT molecular complexity index is 868. The highest BCUT2D eigenvalue weighted by Gasteiger charge is 2.20. The molecule has 0 bridgehead atoms. The van der Waals surface area contributed by atoms with E-state index in [1.165, 1.54) is 0 Å². The zero-order valence-electron chi connectivity index (χ0n) is 14.9. The first-order valence-electron chi connectivity index (χ1n) is 8.44. The van der Waals surface area contributed by atoms with E-state index in [1.807, 2.05) is 13.0 Å². The quantitative estimate of drug-likeness (QED) is 0.360. The first-order chi connectivity index (χ1) is 13.3. The minimum Gasteiger partial charge on any atom is -0.450 e. The second kappa shape index (κ2) is 10.1. The highest BCUT2D eigenvalue weighted by Crippen LogP contribution is 2.30. The summed E-state index contributed by atoms with van der Waals surface area (Å²) in [7, 11) is 0. The highest BCUT2D eigenvalue weighted by molar-refractivity contribution is 6.35. The van der Waals surface area contributed by atoms with Gasteiger partial charge >= 0.3 is 11.9 Å². The van der Waals surface area contributed by atoms with Gasteiger partial charge < -0.3 is 14.5 Å². The molecule has 0 aliphatic carbocycles. The molecule has 1 N–H and O–H groups in total. The summed E-state index contributed by atoms with van der Waals surface area (Å²) >= 11 is 12.2.